The first-order valence-corrected chi connectivity index (χ1v) is 7.37. The lowest BCUT2D eigenvalue weighted by Crippen LogP contribution is -2.34. The number of fused-ring (bicyclic) bond motifs is 1. The molecule has 0 saturated heterocycles. The number of pyridine rings is 1. The van der Waals surface area contributed by atoms with E-state index in [9.17, 15) is 14.7 Å². The molecule has 0 radical (unpaired) electrons. The third-order valence-corrected chi connectivity index (χ3v) is 3.99. The van der Waals surface area contributed by atoms with E-state index in [0.717, 1.165) is 10.9 Å². The molecule has 0 bridgehead atoms. The Kier molecular flexibility index (Phi) is 3.62. The SMILES string of the molecule is O=C(O)C1CCCc2nn(Cc3ccc(Br)cn3)c(=O)n21. The fourth-order valence-corrected chi connectivity index (χ4v) is 2.76. The van der Waals surface area contributed by atoms with Crippen LogP contribution in [0.4, 0.5) is 0 Å². The van der Waals surface area contributed by atoms with E-state index in [4.69, 9.17) is 0 Å². The number of rotatable bonds is 3. The molecular formula is C13H13BrN4O3. The van der Waals surface area contributed by atoms with Crippen LogP contribution < -0.4 is 5.69 Å². The molecule has 0 amide bonds. The molecule has 1 atom stereocenters. The van der Waals surface area contributed by atoms with E-state index in [0.29, 0.717) is 24.4 Å². The molecule has 110 valence electrons. The molecule has 3 rings (SSSR count). The molecule has 7 nitrogen and oxygen atoms in total. The fraction of sp³-hybridized carbons (Fsp3) is 0.385. The molecule has 2 aromatic rings. The third kappa shape index (κ3) is 2.63. The third-order valence-electron chi connectivity index (χ3n) is 3.52. The van der Waals surface area contributed by atoms with Crippen molar-refractivity contribution in [3.05, 3.63) is 44.8 Å². The smallest absolute Gasteiger partial charge is 0.347 e. The summed E-state index contributed by atoms with van der Waals surface area (Å²) in [5.41, 5.74) is 0.310. The highest BCUT2D eigenvalue weighted by atomic mass is 79.9. The maximum atomic E-state index is 12.4. The predicted molar refractivity (Wildman–Crippen MR) is 77.1 cm³/mol. The lowest BCUT2D eigenvalue weighted by atomic mass is 10.1. The number of aromatic nitrogens is 4. The van der Waals surface area contributed by atoms with E-state index < -0.39 is 12.0 Å². The minimum absolute atomic E-state index is 0.235. The monoisotopic (exact) mass is 352 g/mol. The van der Waals surface area contributed by atoms with E-state index in [1.807, 2.05) is 6.07 Å². The Morgan fingerprint density at radius 2 is 2.29 bits per heavy atom. The molecule has 1 unspecified atom stereocenters. The summed E-state index contributed by atoms with van der Waals surface area (Å²) >= 11 is 3.30. The van der Waals surface area contributed by atoms with Crippen molar-refractivity contribution in [3.63, 3.8) is 0 Å². The molecule has 21 heavy (non-hydrogen) atoms. The van der Waals surface area contributed by atoms with Gasteiger partial charge in [-0.3, -0.25) is 9.55 Å². The summed E-state index contributed by atoms with van der Waals surface area (Å²) in [7, 11) is 0. The Balaban J connectivity index is 1.96. The van der Waals surface area contributed by atoms with Crippen molar-refractivity contribution < 1.29 is 9.90 Å². The van der Waals surface area contributed by atoms with E-state index in [-0.39, 0.29) is 12.2 Å². The number of hydrogen-bond acceptors (Lipinski definition) is 4. The maximum Gasteiger partial charge on any atom is 0.347 e. The Labute approximate surface area is 128 Å². The average Bonchev–Trinajstić information content (AvgIpc) is 2.78. The van der Waals surface area contributed by atoms with E-state index >= 15 is 0 Å². The zero-order valence-electron chi connectivity index (χ0n) is 11.1. The Morgan fingerprint density at radius 1 is 1.48 bits per heavy atom. The zero-order valence-corrected chi connectivity index (χ0v) is 12.7. The molecular weight excluding hydrogens is 340 g/mol. The van der Waals surface area contributed by atoms with Gasteiger partial charge in [-0.2, -0.15) is 5.10 Å². The number of nitrogens with zero attached hydrogens (tertiary/aromatic N) is 4. The van der Waals surface area contributed by atoms with E-state index in [1.165, 1.54) is 9.25 Å². The first kappa shape index (κ1) is 14.0. The normalized spacial score (nSPS) is 17.5. The Bertz CT molecular complexity index is 735. The standard InChI is InChI=1S/C13H13BrN4O3/c14-8-4-5-9(15-6-8)7-17-13(21)18-10(12(19)20)2-1-3-11(18)16-17/h4-6,10H,1-3,7H2,(H,19,20). The van der Waals surface area contributed by atoms with Crippen LogP contribution in [0.15, 0.2) is 27.6 Å². The van der Waals surface area contributed by atoms with Gasteiger partial charge in [-0.05, 0) is 40.9 Å². The van der Waals surface area contributed by atoms with Crippen LogP contribution in [0.2, 0.25) is 0 Å². The van der Waals surface area contributed by atoms with Crippen molar-refractivity contribution in [1.82, 2.24) is 19.3 Å². The minimum Gasteiger partial charge on any atom is -0.480 e. The van der Waals surface area contributed by atoms with Crippen molar-refractivity contribution in [2.75, 3.05) is 0 Å². The molecule has 0 aliphatic carbocycles. The zero-order chi connectivity index (χ0) is 15.0. The van der Waals surface area contributed by atoms with Gasteiger partial charge in [-0.1, -0.05) is 0 Å². The van der Waals surface area contributed by atoms with Crippen LogP contribution in [0, 0.1) is 0 Å². The molecule has 1 N–H and O–H groups in total. The van der Waals surface area contributed by atoms with Crippen molar-refractivity contribution in [2.24, 2.45) is 0 Å². The van der Waals surface area contributed by atoms with Gasteiger partial charge in [0.1, 0.15) is 11.9 Å². The van der Waals surface area contributed by atoms with Crippen molar-refractivity contribution >= 4 is 21.9 Å². The summed E-state index contributed by atoms with van der Waals surface area (Å²) in [6.07, 6.45) is 3.46. The van der Waals surface area contributed by atoms with Gasteiger partial charge in [0.25, 0.3) is 0 Å². The minimum atomic E-state index is -0.987. The van der Waals surface area contributed by atoms with Crippen LogP contribution in [-0.4, -0.2) is 30.4 Å². The molecule has 2 aromatic heterocycles. The van der Waals surface area contributed by atoms with Gasteiger partial charge >= 0.3 is 11.7 Å². The molecule has 0 saturated carbocycles. The van der Waals surface area contributed by atoms with Gasteiger partial charge in [0.05, 0.1) is 12.2 Å². The summed E-state index contributed by atoms with van der Waals surface area (Å²) in [6.45, 7) is 0.235. The Morgan fingerprint density at radius 3 is 2.95 bits per heavy atom. The van der Waals surface area contributed by atoms with Gasteiger partial charge in [0.15, 0.2) is 0 Å². The highest BCUT2D eigenvalue weighted by Crippen LogP contribution is 2.21. The van der Waals surface area contributed by atoms with Crippen molar-refractivity contribution in [2.45, 2.75) is 31.8 Å². The number of halogens is 1. The van der Waals surface area contributed by atoms with Crippen LogP contribution in [0.1, 0.15) is 30.4 Å². The number of carboxylic acid groups (broad SMARTS) is 1. The van der Waals surface area contributed by atoms with Crippen molar-refractivity contribution in [1.29, 1.82) is 0 Å². The molecule has 0 spiro atoms. The predicted octanol–water partition coefficient (Wildman–Crippen LogP) is 1.21. The van der Waals surface area contributed by atoms with Crippen LogP contribution in [-0.2, 0) is 17.8 Å². The topological polar surface area (TPSA) is 90.0 Å². The summed E-state index contributed by atoms with van der Waals surface area (Å²) < 4.78 is 3.44. The molecule has 8 heteroatoms. The molecule has 0 aromatic carbocycles. The van der Waals surface area contributed by atoms with Gasteiger partial charge in [-0.25, -0.2) is 14.3 Å². The first-order valence-electron chi connectivity index (χ1n) is 6.57. The van der Waals surface area contributed by atoms with E-state index in [2.05, 4.69) is 26.0 Å². The molecule has 1 aliphatic heterocycles. The Hall–Kier alpha value is -1.96. The van der Waals surface area contributed by atoms with Crippen LogP contribution in [0.5, 0.6) is 0 Å². The second-order valence-electron chi connectivity index (χ2n) is 4.94. The number of aliphatic carboxylic acids is 1. The van der Waals surface area contributed by atoms with Gasteiger partial charge in [0, 0.05) is 17.1 Å². The molecule has 1 aliphatic rings. The van der Waals surface area contributed by atoms with Gasteiger partial charge < -0.3 is 5.11 Å². The van der Waals surface area contributed by atoms with Gasteiger partial charge in [-0.15, -0.1) is 0 Å². The van der Waals surface area contributed by atoms with Crippen LogP contribution in [0.3, 0.4) is 0 Å². The summed E-state index contributed by atoms with van der Waals surface area (Å²) in [5.74, 6) is -0.449. The summed E-state index contributed by atoms with van der Waals surface area (Å²) in [6, 6.07) is 2.82. The van der Waals surface area contributed by atoms with Crippen molar-refractivity contribution in [3.8, 4) is 0 Å². The number of hydrogen-bond donors (Lipinski definition) is 1. The van der Waals surface area contributed by atoms with Crippen LogP contribution >= 0.6 is 15.9 Å². The van der Waals surface area contributed by atoms with E-state index in [1.54, 1.807) is 12.3 Å². The second kappa shape index (κ2) is 5.44. The first-order chi connectivity index (χ1) is 10.1. The number of carbonyl (C=O) groups is 1. The highest BCUT2D eigenvalue weighted by Gasteiger charge is 2.30. The summed E-state index contributed by atoms with van der Waals surface area (Å²) in [5, 5.41) is 13.5. The largest absolute Gasteiger partial charge is 0.480 e. The quantitative estimate of drug-likeness (QED) is 0.896. The molecule has 0 fully saturated rings. The fourth-order valence-electron chi connectivity index (χ4n) is 2.52. The number of carboxylic acids is 1. The average molecular weight is 353 g/mol. The second-order valence-corrected chi connectivity index (χ2v) is 5.86. The summed E-state index contributed by atoms with van der Waals surface area (Å²) in [4.78, 5) is 27.8. The molecule has 3 heterocycles. The lowest BCUT2D eigenvalue weighted by Gasteiger charge is -2.19. The highest BCUT2D eigenvalue weighted by molar-refractivity contribution is 9.10. The maximum absolute atomic E-state index is 12.4. The van der Waals surface area contributed by atoms with Gasteiger partial charge in [0.2, 0.25) is 0 Å². The number of aryl methyl sites for hydroxylation is 1. The lowest BCUT2D eigenvalue weighted by molar-refractivity contribution is -0.141. The van der Waals surface area contributed by atoms with Crippen LogP contribution in [0.25, 0.3) is 0 Å².